The Balaban J connectivity index is 1.39. The number of amides is 1. The molecule has 2 unspecified atom stereocenters. The van der Waals surface area contributed by atoms with Crippen LogP contribution in [0.1, 0.15) is 34.3 Å². The summed E-state index contributed by atoms with van der Waals surface area (Å²) in [5, 5.41) is 18.8. The molecule has 1 saturated heterocycles. The number of thioether (sulfide) groups is 1. The molecular weight excluding hydrogens is 466 g/mol. The average Bonchev–Trinajstić information content (AvgIpc) is 2.87. The summed E-state index contributed by atoms with van der Waals surface area (Å²) in [6.45, 7) is 2.42. The summed E-state index contributed by atoms with van der Waals surface area (Å²) in [7, 11) is 1.62. The Morgan fingerprint density at radius 1 is 1.23 bits per heavy atom. The van der Waals surface area contributed by atoms with Crippen LogP contribution in [0.4, 0.5) is 5.69 Å². The second-order valence-corrected chi connectivity index (χ2v) is 9.93. The van der Waals surface area contributed by atoms with E-state index < -0.39 is 5.97 Å². The number of carboxylic acids is 1. The van der Waals surface area contributed by atoms with Gasteiger partial charge in [0.15, 0.2) is 0 Å². The smallest absolute Gasteiger partial charge is 0.303 e. The molecule has 2 aromatic carbocycles. The number of methoxy groups -OCH3 is 1. The van der Waals surface area contributed by atoms with Crippen molar-refractivity contribution in [2.24, 2.45) is 11.0 Å². The molecule has 8 nitrogen and oxygen atoms in total. The van der Waals surface area contributed by atoms with E-state index in [1.807, 2.05) is 42.2 Å². The van der Waals surface area contributed by atoms with Crippen molar-refractivity contribution < 1.29 is 24.2 Å². The lowest BCUT2D eigenvalue weighted by Crippen LogP contribution is -2.35. The molecule has 0 aromatic heterocycles. The number of nitrogens with zero attached hydrogens (tertiary/aromatic N) is 2. The first kappa shape index (κ1) is 25.1. The predicted octanol–water partition coefficient (Wildman–Crippen LogP) is 3.75. The van der Waals surface area contributed by atoms with Crippen molar-refractivity contribution in [3.05, 3.63) is 59.2 Å². The number of aliphatic carboxylic acids is 1. The SMILES string of the molecule is COCCC1Oc2ccc(NC(=O)c3ccc(C=NN4CCSCC4)cc3)cc2CC1CC(=O)O. The number of carbonyl (C=O) groups is 2. The van der Waals surface area contributed by atoms with E-state index >= 15 is 0 Å². The van der Waals surface area contributed by atoms with E-state index in [-0.39, 0.29) is 24.3 Å². The highest BCUT2D eigenvalue weighted by Crippen LogP contribution is 2.35. The highest BCUT2D eigenvalue weighted by molar-refractivity contribution is 7.99. The molecule has 0 spiro atoms. The van der Waals surface area contributed by atoms with Crippen molar-refractivity contribution in [2.45, 2.75) is 25.4 Å². The van der Waals surface area contributed by atoms with Crippen molar-refractivity contribution in [3.63, 3.8) is 0 Å². The zero-order valence-electron chi connectivity index (χ0n) is 19.8. The van der Waals surface area contributed by atoms with Crippen LogP contribution in [0.5, 0.6) is 5.75 Å². The molecule has 0 aliphatic carbocycles. The molecule has 1 fully saturated rings. The van der Waals surface area contributed by atoms with Crippen LogP contribution in [0.2, 0.25) is 0 Å². The number of ether oxygens (including phenoxy) is 2. The Hall–Kier alpha value is -3.04. The summed E-state index contributed by atoms with van der Waals surface area (Å²) >= 11 is 1.94. The van der Waals surface area contributed by atoms with Crippen LogP contribution in [0.3, 0.4) is 0 Å². The number of benzene rings is 2. The Kier molecular flexibility index (Phi) is 8.65. The van der Waals surface area contributed by atoms with Gasteiger partial charge in [0.25, 0.3) is 5.91 Å². The molecule has 186 valence electrons. The van der Waals surface area contributed by atoms with Crippen LogP contribution in [0.25, 0.3) is 0 Å². The van der Waals surface area contributed by atoms with Gasteiger partial charge in [-0.05, 0) is 47.9 Å². The van der Waals surface area contributed by atoms with Gasteiger partial charge >= 0.3 is 5.97 Å². The number of hydrogen-bond donors (Lipinski definition) is 2. The zero-order chi connectivity index (χ0) is 24.6. The fourth-order valence-corrected chi connectivity index (χ4v) is 5.19. The van der Waals surface area contributed by atoms with Crippen LogP contribution in [0, 0.1) is 5.92 Å². The summed E-state index contributed by atoms with van der Waals surface area (Å²) < 4.78 is 11.3. The van der Waals surface area contributed by atoms with Gasteiger partial charge in [-0.1, -0.05) is 12.1 Å². The lowest BCUT2D eigenvalue weighted by atomic mass is 9.86. The van der Waals surface area contributed by atoms with Gasteiger partial charge in [-0.15, -0.1) is 0 Å². The Labute approximate surface area is 209 Å². The van der Waals surface area contributed by atoms with Gasteiger partial charge in [0.1, 0.15) is 11.9 Å². The fraction of sp³-hybridized carbons (Fsp3) is 0.423. The van der Waals surface area contributed by atoms with Crippen molar-refractivity contribution in [1.29, 1.82) is 0 Å². The maximum Gasteiger partial charge on any atom is 0.303 e. The molecule has 2 aromatic rings. The topological polar surface area (TPSA) is 100 Å². The number of hydrazone groups is 1. The molecule has 2 N–H and O–H groups in total. The number of rotatable bonds is 9. The number of hydrogen-bond acceptors (Lipinski definition) is 7. The van der Waals surface area contributed by atoms with Crippen molar-refractivity contribution in [2.75, 3.05) is 43.6 Å². The number of fused-ring (bicyclic) bond motifs is 1. The lowest BCUT2D eigenvalue weighted by Gasteiger charge is -2.33. The van der Waals surface area contributed by atoms with E-state index in [0.717, 1.165) is 41.5 Å². The third-order valence-electron chi connectivity index (χ3n) is 6.18. The molecule has 0 radical (unpaired) electrons. The first-order valence-electron chi connectivity index (χ1n) is 11.8. The molecule has 2 aliphatic rings. The van der Waals surface area contributed by atoms with Crippen molar-refractivity contribution in [1.82, 2.24) is 5.01 Å². The first-order valence-corrected chi connectivity index (χ1v) is 13.0. The quantitative estimate of drug-likeness (QED) is 0.509. The highest BCUT2D eigenvalue weighted by atomic mass is 32.2. The van der Waals surface area contributed by atoms with E-state index in [0.29, 0.717) is 30.7 Å². The molecule has 2 heterocycles. The summed E-state index contributed by atoms with van der Waals surface area (Å²) in [4.78, 5) is 24.2. The molecule has 9 heteroatoms. The minimum atomic E-state index is -0.850. The summed E-state index contributed by atoms with van der Waals surface area (Å²) in [5.41, 5.74) is 3.04. The van der Waals surface area contributed by atoms with E-state index in [1.165, 1.54) is 0 Å². The second-order valence-electron chi connectivity index (χ2n) is 8.71. The van der Waals surface area contributed by atoms with Gasteiger partial charge in [0, 0.05) is 61.9 Å². The van der Waals surface area contributed by atoms with Crippen molar-refractivity contribution in [3.8, 4) is 5.75 Å². The molecule has 1 amide bonds. The van der Waals surface area contributed by atoms with Crippen molar-refractivity contribution >= 4 is 35.5 Å². The Morgan fingerprint density at radius 3 is 2.71 bits per heavy atom. The fourth-order valence-electron chi connectivity index (χ4n) is 4.30. The van der Waals surface area contributed by atoms with Gasteiger partial charge < -0.3 is 19.9 Å². The van der Waals surface area contributed by atoms with E-state index in [4.69, 9.17) is 9.47 Å². The van der Waals surface area contributed by atoms with Gasteiger partial charge in [-0.3, -0.25) is 14.6 Å². The summed E-state index contributed by atoms with van der Waals surface area (Å²) in [5.74, 6) is 1.70. The lowest BCUT2D eigenvalue weighted by molar-refractivity contribution is -0.139. The summed E-state index contributed by atoms with van der Waals surface area (Å²) in [6.07, 6.45) is 2.84. The number of carboxylic acid groups (broad SMARTS) is 1. The molecule has 0 saturated carbocycles. The maximum absolute atomic E-state index is 12.8. The molecule has 35 heavy (non-hydrogen) atoms. The normalized spacial score (nSPS) is 19.7. The van der Waals surface area contributed by atoms with E-state index in [1.54, 1.807) is 25.3 Å². The number of nitrogens with one attached hydrogen (secondary N) is 1. The largest absolute Gasteiger partial charge is 0.490 e. The number of anilines is 1. The van der Waals surface area contributed by atoms with Crippen LogP contribution >= 0.6 is 11.8 Å². The monoisotopic (exact) mass is 497 g/mol. The van der Waals surface area contributed by atoms with Crippen LogP contribution in [-0.4, -0.2) is 72.6 Å². The molecule has 2 atom stereocenters. The molecule has 2 aliphatic heterocycles. The summed E-state index contributed by atoms with van der Waals surface area (Å²) in [6, 6.07) is 12.8. The van der Waals surface area contributed by atoms with Gasteiger partial charge in [0.2, 0.25) is 0 Å². The van der Waals surface area contributed by atoms with E-state index in [2.05, 4.69) is 15.4 Å². The highest BCUT2D eigenvalue weighted by Gasteiger charge is 2.31. The molecule has 0 bridgehead atoms. The van der Waals surface area contributed by atoms with Gasteiger partial charge in [-0.25, -0.2) is 0 Å². The number of carbonyl (C=O) groups excluding carboxylic acids is 1. The molecule has 4 rings (SSSR count). The molecular formula is C26H31N3O5S. The van der Waals surface area contributed by atoms with Gasteiger partial charge in [-0.2, -0.15) is 16.9 Å². The minimum Gasteiger partial charge on any atom is -0.490 e. The van der Waals surface area contributed by atoms with Crippen LogP contribution in [-0.2, 0) is 16.0 Å². The van der Waals surface area contributed by atoms with Crippen LogP contribution < -0.4 is 10.1 Å². The van der Waals surface area contributed by atoms with Gasteiger partial charge in [0.05, 0.1) is 12.6 Å². The third kappa shape index (κ3) is 6.99. The second kappa shape index (κ2) is 12.1. The maximum atomic E-state index is 12.8. The van der Waals surface area contributed by atoms with E-state index in [9.17, 15) is 14.7 Å². The predicted molar refractivity (Wildman–Crippen MR) is 138 cm³/mol. The minimum absolute atomic E-state index is 0.0246. The zero-order valence-corrected chi connectivity index (χ0v) is 20.6. The third-order valence-corrected chi connectivity index (χ3v) is 7.12. The van der Waals surface area contributed by atoms with Crippen LogP contribution in [0.15, 0.2) is 47.6 Å². The first-order chi connectivity index (χ1) is 17.0. The average molecular weight is 498 g/mol. The Bertz CT molecular complexity index is 1050. The Morgan fingerprint density at radius 2 is 2.00 bits per heavy atom. The standard InChI is InChI=1S/C26H31N3O5S/c1-33-11-8-24-21(16-25(30)31)14-20-15-22(6-7-23(20)34-24)28-26(32)19-4-2-18(3-5-19)17-27-29-9-12-35-13-10-29/h2-7,15,17,21,24H,8-14,16H2,1H3,(H,28,32)(H,30,31).